The maximum atomic E-state index is 12.8. The molecule has 0 saturated carbocycles. The van der Waals surface area contributed by atoms with Crippen molar-refractivity contribution in [3.63, 3.8) is 0 Å². The van der Waals surface area contributed by atoms with Gasteiger partial charge < -0.3 is 19.9 Å². The van der Waals surface area contributed by atoms with Crippen LogP contribution in [0.4, 0.5) is 5.69 Å². The summed E-state index contributed by atoms with van der Waals surface area (Å²) in [6.07, 6.45) is 0. The fourth-order valence-electron chi connectivity index (χ4n) is 3.89. The first-order chi connectivity index (χ1) is 16.0. The summed E-state index contributed by atoms with van der Waals surface area (Å²) in [4.78, 5) is 32.3. The van der Waals surface area contributed by atoms with E-state index in [9.17, 15) is 9.59 Å². The summed E-state index contributed by atoms with van der Waals surface area (Å²) < 4.78 is 6.91. The van der Waals surface area contributed by atoms with Gasteiger partial charge in [-0.3, -0.25) is 14.3 Å². The van der Waals surface area contributed by atoms with Gasteiger partial charge in [-0.05, 0) is 48.7 Å². The van der Waals surface area contributed by atoms with Gasteiger partial charge >= 0.3 is 5.97 Å². The van der Waals surface area contributed by atoms with E-state index in [2.05, 4.69) is 20.1 Å². The van der Waals surface area contributed by atoms with Crippen molar-refractivity contribution in [3.05, 3.63) is 69.2 Å². The van der Waals surface area contributed by atoms with Gasteiger partial charge in [-0.2, -0.15) is 0 Å². The summed E-state index contributed by atoms with van der Waals surface area (Å²) in [5.74, 6) is -0.409. The van der Waals surface area contributed by atoms with Crippen LogP contribution in [0.25, 0.3) is 10.9 Å². The summed E-state index contributed by atoms with van der Waals surface area (Å²) in [7, 11) is 1.36. The maximum Gasteiger partial charge on any atom is 0.339 e. The van der Waals surface area contributed by atoms with Crippen LogP contribution >= 0.6 is 24.4 Å². The number of para-hydroxylation sites is 2. The van der Waals surface area contributed by atoms with Gasteiger partial charge in [-0.15, -0.1) is 0 Å². The quantitative estimate of drug-likeness (QED) is 0.424. The first-order valence-corrected chi connectivity index (χ1v) is 11.5. The average molecular weight is 484 g/mol. The van der Waals surface area contributed by atoms with Crippen LogP contribution in [-0.4, -0.2) is 70.3 Å². The molecule has 0 amide bonds. The standard InChI is InChI=1S/C23H25N5O3S2/c1-31-21(30)17-7-3-5-9-19(17)24-22(32)27-13-10-26(11-14-27)12-15-28-20(29)16-6-2-4-8-18(16)25-23(28)33/h2-9H,10-15H2,1H3,(H,24,32)(H,25,33). The molecule has 0 spiro atoms. The molecule has 10 heteroatoms. The van der Waals surface area contributed by atoms with Crippen molar-refractivity contribution in [3.8, 4) is 0 Å². The maximum absolute atomic E-state index is 12.8. The largest absolute Gasteiger partial charge is 0.465 e. The highest BCUT2D eigenvalue weighted by atomic mass is 32.1. The first-order valence-electron chi connectivity index (χ1n) is 10.7. The van der Waals surface area contributed by atoms with Gasteiger partial charge in [0, 0.05) is 39.3 Å². The summed E-state index contributed by atoms with van der Waals surface area (Å²) in [5.41, 5.74) is 1.76. The Labute approximate surface area is 201 Å². The van der Waals surface area contributed by atoms with Crippen molar-refractivity contribution in [2.75, 3.05) is 45.2 Å². The van der Waals surface area contributed by atoms with E-state index < -0.39 is 5.97 Å². The fourth-order valence-corrected chi connectivity index (χ4v) is 4.47. The van der Waals surface area contributed by atoms with E-state index in [0.29, 0.717) is 33.1 Å². The summed E-state index contributed by atoms with van der Waals surface area (Å²) >= 11 is 11.0. The van der Waals surface area contributed by atoms with E-state index in [-0.39, 0.29) is 5.56 Å². The Balaban J connectivity index is 1.34. The van der Waals surface area contributed by atoms with Crippen LogP contribution in [0.15, 0.2) is 53.3 Å². The molecular weight excluding hydrogens is 458 g/mol. The number of ether oxygens (including phenoxy) is 1. The zero-order chi connectivity index (χ0) is 23.4. The van der Waals surface area contributed by atoms with Crippen molar-refractivity contribution in [2.45, 2.75) is 6.54 Å². The van der Waals surface area contributed by atoms with Gasteiger partial charge in [0.05, 0.1) is 29.3 Å². The van der Waals surface area contributed by atoms with Crippen LogP contribution in [0.5, 0.6) is 0 Å². The number of aromatic nitrogens is 2. The number of aromatic amines is 1. The van der Waals surface area contributed by atoms with Gasteiger partial charge in [0.15, 0.2) is 9.88 Å². The van der Waals surface area contributed by atoms with E-state index in [4.69, 9.17) is 29.2 Å². The van der Waals surface area contributed by atoms with Crippen molar-refractivity contribution in [1.29, 1.82) is 0 Å². The smallest absolute Gasteiger partial charge is 0.339 e. The minimum absolute atomic E-state index is 0.0670. The van der Waals surface area contributed by atoms with Gasteiger partial charge in [-0.1, -0.05) is 24.3 Å². The predicted octanol–water partition coefficient (Wildman–Crippen LogP) is 2.86. The van der Waals surface area contributed by atoms with Gasteiger partial charge in [-0.25, -0.2) is 4.79 Å². The number of nitrogens with one attached hydrogen (secondary N) is 2. The number of hydrogen-bond acceptors (Lipinski definition) is 6. The van der Waals surface area contributed by atoms with Crippen LogP contribution < -0.4 is 10.9 Å². The number of thiocarbonyl (C=S) groups is 1. The van der Waals surface area contributed by atoms with Crippen LogP contribution in [0.3, 0.4) is 0 Å². The summed E-state index contributed by atoms with van der Waals surface area (Å²) in [6.45, 7) is 4.33. The minimum Gasteiger partial charge on any atom is -0.465 e. The van der Waals surface area contributed by atoms with Crippen molar-refractivity contribution >= 4 is 52.1 Å². The molecule has 1 fully saturated rings. The third kappa shape index (κ3) is 5.13. The number of hydrogen-bond donors (Lipinski definition) is 2. The van der Waals surface area contributed by atoms with Gasteiger partial charge in [0.25, 0.3) is 5.56 Å². The predicted molar refractivity (Wildman–Crippen MR) is 135 cm³/mol. The molecule has 8 nitrogen and oxygen atoms in total. The highest BCUT2D eigenvalue weighted by Crippen LogP contribution is 2.17. The number of H-pyrrole nitrogens is 1. The Hall–Kier alpha value is -3.08. The number of nitrogens with zero attached hydrogens (tertiary/aromatic N) is 3. The Kier molecular flexibility index (Phi) is 7.17. The molecule has 0 atom stereocenters. The van der Waals surface area contributed by atoms with Gasteiger partial charge in [0.2, 0.25) is 0 Å². The van der Waals surface area contributed by atoms with Crippen molar-refractivity contribution in [1.82, 2.24) is 19.4 Å². The molecule has 4 rings (SSSR count). The number of esters is 1. The molecule has 33 heavy (non-hydrogen) atoms. The second kappa shape index (κ2) is 10.2. The average Bonchev–Trinajstić information content (AvgIpc) is 2.84. The van der Waals surface area contributed by atoms with Crippen LogP contribution in [-0.2, 0) is 11.3 Å². The lowest BCUT2D eigenvalue weighted by Gasteiger charge is -2.36. The molecule has 3 aromatic rings. The first kappa shape index (κ1) is 23.1. The van der Waals surface area contributed by atoms with E-state index in [0.717, 1.165) is 38.2 Å². The molecule has 1 aliphatic heterocycles. The van der Waals surface area contributed by atoms with Crippen molar-refractivity contribution < 1.29 is 9.53 Å². The Morgan fingerprint density at radius 2 is 1.76 bits per heavy atom. The number of methoxy groups -OCH3 is 1. The molecule has 0 unspecified atom stereocenters. The molecule has 0 bridgehead atoms. The minimum atomic E-state index is -0.409. The second-order valence-corrected chi connectivity index (χ2v) is 8.50. The molecular formula is C23H25N5O3S2. The van der Waals surface area contributed by atoms with E-state index >= 15 is 0 Å². The topological polar surface area (TPSA) is 82.6 Å². The zero-order valence-electron chi connectivity index (χ0n) is 18.2. The number of carbonyl (C=O) groups excluding carboxylic acids is 1. The van der Waals surface area contributed by atoms with Crippen LogP contribution in [0.1, 0.15) is 10.4 Å². The molecule has 172 valence electrons. The molecule has 2 N–H and O–H groups in total. The number of piperazine rings is 1. The van der Waals surface area contributed by atoms with Crippen LogP contribution in [0, 0.1) is 4.77 Å². The second-order valence-electron chi connectivity index (χ2n) is 7.73. The lowest BCUT2D eigenvalue weighted by Crippen LogP contribution is -2.50. The number of rotatable bonds is 5. The van der Waals surface area contributed by atoms with Gasteiger partial charge in [0.1, 0.15) is 0 Å². The zero-order valence-corrected chi connectivity index (χ0v) is 19.9. The SMILES string of the molecule is COC(=O)c1ccccc1NC(=S)N1CCN(CCn2c(=S)[nH]c3ccccc3c2=O)CC1. The molecule has 0 radical (unpaired) electrons. The molecule has 1 aromatic heterocycles. The monoisotopic (exact) mass is 483 g/mol. The van der Waals surface area contributed by atoms with E-state index in [1.165, 1.54) is 7.11 Å². The highest BCUT2D eigenvalue weighted by molar-refractivity contribution is 7.80. The number of benzene rings is 2. The van der Waals surface area contributed by atoms with Crippen LogP contribution in [0.2, 0.25) is 0 Å². The Morgan fingerprint density at radius 1 is 1.06 bits per heavy atom. The van der Waals surface area contributed by atoms with Crippen molar-refractivity contribution in [2.24, 2.45) is 0 Å². The number of fused-ring (bicyclic) bond motifs is 1. The Bertz CT molecular complexity index is 1290. The molecule has 1 saturated heterocycles. The molecule has 2 heterocycles. The number of carbonyl (C=O) groups is 1. The molecule has 2 aromatic carbocycles. The third-order valence-corrected chi connectivity index (χ3v) is 6.45. The molecule has 1 aliphatic rings. The lowest BCUT2D eigenvalue weighted by atomic mass is 10.2. The molecule has 0 aliphatic carbocycles. The normalized spacial score (nSPS) is 14.3. The lowest BCUT2D eigenvalue weighted by molar-refractivity contribution is 0.0602. The summed E-state index contributed by atoms with van der Waals surface area (Å²) in [5, 5.41) is 4.38. The van der Waals surface area contributed by atoms with E-state index in [1.807, 2.05) is 30.3 Å². The summed E-state index contributed by atoms with van der Waals surface area (Å²) in [6, 6.07) is 14.5. The third-order valence-electron chi connectivity index (χ3n) is 5.76. The Morgan fingerprint density at radius 3 is 2.52 bits per heavy atom. The number of anilines is 1. The highest BCUT2D eigenvalue weighted by Gasteiger charge is 2.20. The fraction of sp³-hybridized carbons (Fsp3) is 0.304. The van der Waals surface area contributed by atoms with E-state index in [1.54, 1.807) is 22.8 Å².